The lowest BCUT2D eigenvalue weighted by Gasteiger charge is -2.33. The van der Waals surface area contributed by atoms with Crippen molar-refractivity contribution in [1.29, 1.82) is 5.26 Å². The summed E-state index contributed by atoms with van der Waals surface area (Å²) in [4.78, 5) is 4.94. The first-order chi connectivity index (χ1) is 18.8. The van der Waals surface area contributed by atoms with Gasteiger partial charge in [-0.15, -0.1) is 0 Å². The zero-order chi connectivity index (χ0) is 29.7. The van der Waals surface area contributed by atoms with Gasteiger partial charge < -0.3 is 0 Å². The molecule has 7 heteroatoms. The number of alkyl halides is 3. The standard InChI is InChI=1S/C33H37F3N2OS/c1-22-12-14-28(29(18-22)23(2)19-26-10-8-7-9-11-26)30(20-37)25(4)31-15-13-27(21-38-31)40(39)17-16-24(3)32(5,6)33(34,35)36/h7-15,18,21,23-24H,16-17,19H2,1-6H3. The normalized spacial score (nSPS) is 15.1. The van der Waals surface area contributed by atoms with Crippen molar-refractivity contribution < 1.29 is 17.4 Å². The summed E-state index contributed by atoms with van der Waals surface area (Å²) in [7, 11) is -1.48. The van der Waals surface area contributed by atoms with Gasteiger partial charge in [0.1, 0.15) is 6.07 Å². The number of benzene rings is 2. The molecular weight excluding hydrogens is 529 g/mol. The molecule has 0 saturated carbocycles. The third-order valence-corrected chi connectivity index (χ3v) is 9.33. The highest BCUT2D eigenvalue weighted by atomic mass is 32.2. The van der Waals surface area contributed by atoms with Gasteiger partial charge in [-0.25, -0.2) is 0 Å². The van der Waals surface area contributed by atoms with Crippen LogP contribution >= 0.6 is 0 Å². The van der Waals surface area contributed by atoms with Crippen LogP contribution in [0.2, 0.25) is 0 Å². The lowest BCUT2D eigenvalue weighted by Crippen LogP contribution is -2.38. The zero-order valence-corrected chi connectivity index (χ0v) is 24.8. The van der Waals surface area contributed by atoms with Crippen molar-refractivity contribution in [2.24, 2.45) is 11.3 Å². The van der Waals surface area contributed by atoms with E-state index in [-0.39, 0.29) is 18.1 Å². The Morgan fingerprint density at radius 1 is 1.05 bits per heavy atom. The van der Waals surface area contributed by atoms with E-state index in [1.807, 2.05) is 44.2 Å². The molecule has 0 radical (unpaired) electrons. The second-order valence-electron chi connectivity index (χ2n) is 11.1. The molecule has 0 aliphatic heterocycles. The maximum Gasteiger partial charge on any atom is 0.394 e. The van der Waals surface area contributed by atoms with Crippen LogP contribution in [0.3, 0.4) is 0 Å². The minimum absolute atomic E-state index is 0.117. The molecule has 2 aromatic carbocycles. The van der Waals surface area contributed by atoms with Crippen LogP contribution in [0.1, 0.15) is 74.9 Å². The van der Waals surface area contributed by atoms with Gasteiger partial charge in [0.2, 0.25) is 0 Å². The van der Waals surface area contributed by atoms with Crippen molar-refractivity contribution in [3.05, 3.63) is 94.8 Å². The second kappa shape index (κ2) is 13.0. The zero-order valence-electron chi connectivity index (χ0n) is 24.0. The number of nitriles is 1. The molecule has 0 aliphatic carbocycles. The molecule has 1 aromatic heterocycles. The summed E-state index contributed by atoms with van der Waals surface area (Å²) in [6.07, 6.45) is -1.81. The Morgan fingerprint density at radius 3 is 2.30 bits per heavy atom. The number of allylic oxidation sites excluding steroid dienone is 2. The van der Waals surface area contributed by atoms with Gasteiger partial charge in [0, 0.05) is 11.9 Å². The van der Waals surface area contributed by atoms with E-state index in [4.69, 9.17) is 0 Å². The lowest BCUT2D eigenvalue weighted by molar-refractivity contribution is -0.227. The van der Waals surface area contributed by atoms with E-state index in [1.165, 1.54) is 25.6 Å². The van der Waals surface area contributed by atoms with Crippen LogP contribution in [0.15, 0.2) is 71.8 Å². The van der Waals surface area contributed by atoms with Gasteiger partial charge in [0.25, 0.3) is 0 Å². The van der Waals surface area contributed by atoms with Crippen molar-refractivity contribution in [3.63, 3.8) is 0 Å². The first kappa shape index (κ1) is 31.3. The van der Waals surface area contributed by atoms with Crippen molar-refractivity contribution in [1.82, 2.24) is 4.98 Å². The molecule has 3 rings (SSSR count). The fourth-order valence-corrected chi connectivity index (χ4v) is 5.84. The summed E-state index contributed by atoms with van der Waals surface area (Å²) >= 11 is 0. The average Bonchev–Trinajstić information content (AvgIpc) is 2.92. The quantitative estimate of drug-likeness (QED) is 0.230. The molecule has 0 saturated heterocycles. The summed E-state index contributed by atoms with van der Waals surface area (Å²) in [5.74, 6) is -0.387. The first-order valence-corrected chi connectivity index (χ1v) is 14.8. The summed E-state index contributed by atoms with van der Waals surface area (Å²) in [6, 6.07) is 22.2. The SMILES string of the molecule is CC(=C(C#N)c1ccc(C)cc1C(C)Cc1ccccc1)c1ccc(S(=O)CCC(C)C(C)(C)C(F)(F)F)cn1. The van der Waals surface area contributed by atoms with E-state index in [2.05, 4.69) is 36.2 Å². The predicted octanol–water partition coefficient (Wildman–Crippen LogP) is 8.91. The summed E-state index contributed by atoms with van der Waals surface area (Å²) in [6.45, 7) is 9.96. The number of nitrogens with zero attached hydrogens (tertiary/aromatic N) is 2. The monoisotopic (exact) mass is 566 g/mol. The third-order valence-electron chi connectivity index (χ3n) is 7.96. The number of halogens is 3. The van der Waals surface area contributed by atoms with E-state index in [9.17, 15) is 22.6 Å². The molecule has 40 heavy (non-hydrogen) atoms. The number of rotatable bonds is 10. The number of pyridine rings is 1. The van der Waals surface area contributed by atoms with Crippen LogP contribution in [-0.4, -0.2) is 21.1 Å². The van der Waals surface area contributed by atoms with Crippen LogP contribution in [0.5, 0.6) is 0 Å². The summed E-state index contributed by atoms with van der Waals surface area (Å²) in [5.41, 5.74) is 4.26. The Kier molecular flexibility index (Phi) is 10.1. The molecule has 3 unspecified atom stereocenters. The van der Waals surface area contributed by atoms with Crippen molar-refractivity contribution >= 4 is 21.9 Å². The number of aryl methyl sites for hydroxylation is 1. The Morgan fingerprint density at radius 2 is 1.73 bits per heavy atom. The van der Waals surface area contributed by atoms with Gasteiger partial charge in [-0.05, 0) is 72.9 Å². The van der Waals surface area contributed by atoms with Gasteiger partial charge in [-0.1, -0.05) is 81.8 Å². The predicted molar refractivity (Wildman–Crippen MR) is 157 cm³/mol. The van der Waals surface area contributed by atoms with Crippen molar-refractivity contribution in [2.45, 2.75) is 71.4 Å². The van der Waals surface area contributed by atoms with E-state index in [0.717, 1.165) is 23.1 Å². The van der Waals surface area contributed by atoms with Crippen molar-refractivity contribution in [2.75, 3.05) is 5.75 Å². The Hall–Kier alpha value is -3.24. The highest BCUT2D eigenvalue weighted by Gasteiger charge is 2.50. The fourth-order valence-electron chi connectivity index (χ4n) is 4.65. The maximum atomic E-state index is 13.3. The van der Waals surface area contributed by atoms with Gasteiger partial charge in [-0.3, -0.25) is 9.19 Å². The van der Waals surface area contributed by atoms with Crippen molar-refractivity contribution in [3.8, 4) is 6.07 Å². The number of aromatic nitrogens is 1. The molecule has 3 atom stereocenters. The van der Waals surface area contributed by atoms with Crippen LogP contribution in [0, 0.1) is 29.6 Å². The van der Waals surface area contributed by atoms with E-state index in [0.29, 0.717) is 21.7 Å². The molecule has 0 spiro atoms. The smallest absolute Gasteiger partial charge is 0.255 e. The number of hydrogen-bond acceptors (Lipinski definition) is 3. The Bertz CT molecular complexity index is 1400. The minimum Gasteiger partial charge on any atom is -0.255 e. The van der Waals surface area contributed by atoms with E-state index < -0.39 is 28.3 Å². The average molecular weight is 567 g/mol. The lowest BCUT2D eigenvalue weighted by atomic mass is 9.78. The molecule has 0 fully saturated rings. The van der Waals surface area contributed by atoms with Crippen LogP contribution in [-0.2, 0) is 17.2 Å². The Balaban J connectivity index is 1.84. The molecule has 1 heterocycles. The molecule has 0 bridgehead atoms. The van der Waals surface area contributed by atoms with Crippen LogP contribution in [0.25, 0.3) is 11.1 Å². The first-order valence-electron chi connectivity index (χ1n) is 13.4. The van der Waals surface area contributed by atoms with Gasteiger partial charge in [-0.2, -0.15) is 18.4 Å². The third kappa shape index (κ3) is 7.28. The highest BCUT2D eigenvalue weighted by molar-refractivity contribution is 7.85. The molecule has 3 aromatic rings. The second-order valence-corrected chi connectivity index (χ2v) is 12.7. The van der Waals surface area contributed by atoms with Crippen LogP contribution in [0.4, 0.5) is 13.2 Å². The highest BCUT2D eigenvalue weighted by Crippen LogP contribution is 2.44. The van der Waals surface area contributed by atoms with Gasteiger partial charge >= 0.3 is 6.18 Å². The van der Waals surface area contributed by atoms with E-state index >= 15 is 0 Å². The summed E-state index contributed by atoms with van der Waals surface area (Å²) < 4.78 is 52.9. The molecule has 212 valence electrons. The topological polar surface area (TPSA) is 53.8 Å². The summed E-state index contributed by atoms with van der Waals surface area (Å²) in [5, 5.41) is 10.2. The molecular formula is C33H37F3N2OS. The van der Waals surface area contributed by atoms with Gasteiger partial charge in [0.15, 0.2) is 0 Å². The molecule has 0 amide bonds. The molecule has 0 aliphatic rings. The molecule has 3 nitrogen and oxygen atoms in total. The Labute approximate surface area is 238 Å². The van der Waals surface area contributed by atoms with Crippen LogP contribution < -0.4 is 0 Å². The largest absolute Gasteiger partial charge is 0.394 e. The molecule has 0 N–H and O–H groups in total. The minimum atomic E-state index is -4.32. The number of hydrogen-bond donors (Lipinski definition) is 0. The van der Waals surface area contributed by atoms with Gasteiger partial charge in [0.05, 0.1) is 32.4 Å². The maximum absolute atomic E-state index is 13.3. The fraction of sp³-hybridized carbons (Fsp3) is 0.394. The van der Waals surface area contributed by atoms with E-state index in [1.54, 1.807) is 19.1 Å².